The lowest BCUT2D eigenvalue weighted by molar-refractivity contribution is -0.132. The molecule has 1 saturated heterocycles. The zero-order chi connectivity index (χ0) is 21.7. The lowest BCUT2D eigenvalue weighted by Gasteiger charge is -2.34. The van der Waals surface area contributed by atoms with E-state index in [1.165, 1.54) is 24.3 Å². The number of amides is 1. The Morgan fingerprint density at radius 1 is 0.933 bits per heavy atom. The van der Waals surface area contributed by atoms with Crippen LogP contribution < -0.4 is 4.74 Å². The molecule has 3 rings (SSSR count). The number of rotatable bonds is 7. The van der Waals surface area contributed by atoms with Crippen molar-refractivity contribution in [2.24, 2.45) is 0 Å². The second kappa shape index (κ2) is 9.48. The van der Waals surface area contributed by atoms with Gasteiger partial charge in [-0.3, -0.25) is 4.79 Å². The molecule has 0 aromatic heterocycles. The third kappa shape index (κ3) is 5.31. The summed E-state index contributed by atoms with van der Waals surface area (Å²) < 4.78 is 71.1. The van der Waals surface area contributed by atoms with Gasteiger partial charge in [-0.15, -0.1) is 0 Å². The summed E-state index contributed by atoms with van der Waals surface area (Å²) in [4.78, 5) is 13.6. The van der Waals surface area contributed by atoms with Crippen molar-refractivity contribution in [2.45, 2.75) is 17.7 Å². The number of carbonyl (C=O) groups is 1. The number of halogens is 3. The minimum Gasteiger partial charge on any atom is -0.494 e. The Bertz CT molecular complexity index is 992. The quantitative estimate of drug-likeness (QED) is 0.619. The maximum atomic E-state index is 13.4. The zero-order valence-corrected chi connectivity index (χ0v) is 16.9. The molecule has 1 aliphatic heterocycles. The fraction of sp³-hybridized carbons (Fsp3) is 0.350. The highest BCUT2D eigenvalue weighted by atomic mass is 32.2. The lowest BCUT2D eigenvalue weighted by Crippen LogP contribution is -2.50. The molecular formula is C20H21F3N2O4S. The summed E-state index contributed by atoms with van der Waals surface area (Å²) >= 11 is 0. The highest BCUT2D eigenvalue weighted by Crippen LogP contribution is 2.20. The molecule has 2 aromatic carbocycles. The van der Waals surface area contributed by atoms with Crippen LogP contribution in [0.15, 0.2) is 47.4 Å². The van der Waals surface area contributed by atoms with Gasteiger partial charge >= 0.3 is 0 Å². The van der Waals surface area contributed by atoms with Crippen molar-refractivity contribution in [1.29, 1.82) is 0 Å². The molecule has 0 radical (unpaired) electrons. The number of nitrogens with zero attached hydrogens (tertiary/aromatic N) is 2. The normalized spacial score (nSPS) is 15.2. The maximum Gasteiger partial charge on any atom is 0.243 e. The molecule has 1 amide bonds. The standard InChI is InChI=1S/C20H21F3N2O4S/c21-15-3-5-16(6-4-15)29-13-1-2-20(26)24-9-11-25(12-10-24)30(27,28)17-7-8-18(22)19(23)14-17/h3-8,14H,1-2,9-13H2. The Labute approximate surface area is 172 Å². The fourth-order valence-corrected chi connectivity index (χ4v) is 4.50. The van der Waals surface area contributed by atoms with Gasteiger partial charge in [-0.1, -0.05) is 0 Å². The summed E-state index contributed by atoms with van der Waals surface area (Å²) in [6, 6.07) is 8.03. The van der Waals surface area contributed by atoms with Gasteiger partial charge in [0.15, 0.2) is 11.6 Å². The average Bonchev–Trinajstić information content (AvgIpc) is 2.74. The van der Waals surface area contributed by atoms with Crippen LogP contribution in [0.4, 0.5) is 13.2 Å². The molecule has 1 fully saturated rings. The smallest absolute Gasteiger partial charge is 0.243 e. The molecule has 0 bridgehead atoms. The van der Waals surface area contributed by atoms with Gasteiger partial charge in [-0.2, -0.15) is 4.31 Å². The van der Waals surface area contributed by atoms with Crippen LogP contribution in [-0.4, -0.2) is 56.3 Å². The van der Waals surface area contributed by atoms with E-state index in [2.05, 4.69) is 0 Å². The number of hydrogen-bond donors (Lipinski definition) is 0. The van der Waals surface area contributed by atoms with Crippen molar-refractivity contribution in [3.8, 4) is 5.75 Å². The van der Waals surface area contributed by atoms with Crippen LogP contribution in [0, 0.1) is 17.5 Å². The van der Waals surface area contributed by atoms with E-state index in [0.717, 1.165) is 16.4 Å². The molecule has 0 unspecified atom stereocenters. The first-order valence-electron chi connectivity index (χ1n) is 9.39. The number of hydrogen-bond acceptors (Lipinski definition) is 4. The number of ether oxygens (including phenoxy) is 1. The molecular weight excluding hydrogens is 421 g/mol. The Balaban J connectivity index is 1.45. The van der Waals surface area contributed by atoms with Crippen molar-refractivity contribution in [1.82, 2.24) is 9.21 Å². The molecule has 0 spiro atoms. The minimum atomic E-state index is -3.96. The van der Waals surface area contributed by atoms with E-state index in [4.69, 9.17) is 4.74 Å². The molecule has 30 heavy (non-hydrogen) atoms. The third-order valence-electron chi connectivity index (χ3n) is 4.74. The topological polar surface area (TPSA) is 66.9 Å². The highest BCUT2D eigenvalue weighted by molar-refractivity contribution is 7.89. The molecule has 10 heteroatoms. The Hall–Kier alpha value is -2.59. The van der Waals surface area contributed by atoms with E-state index in [-0.39, 0.29) is 49.2 Å². The van der Waals surface area contributed by atoms with Gasteiger partial charge in [0, 0.05) is 32.6 Å². The molecule has 6 nitrogen and oxygen atoms in total. The molecule has 0 aliphatic carbocycles. The van der Waals surface area contributed by atoms with Crippen LogP contribution in [0.5, 0.6) is 5.75 Å². The summed E-state index contributed by atoms with van der Waals surface area (Å²) in [5.41, 5.74) is 0. The average molecular weight is 442 g/mol. The van der Waals surface area contributed by atoms with Gasteiger partial charge < -0.3 is 9.64 Å². The zero-order valence-electron chi connectivity index (χ0n) is 16.1. The van der Waals surface area contributed by atoms with Crippen LogP contribution in [0.2, 0.25) is 0 Å². The minimum absolute atomic E-state index is 0.0686. The Morgan fingerprint density at radius 2 is 1.60 bits per heavy atom. The van der Waals surface area contributed by atoms with Crippen LogP contribution in [-0.2, 0) is 14.8 Å². The van der Waals surface area contributed by atoms with E-state index in [1.807, 2.05) is 0 Å². The second-order valence-corrected chi connectivity index (χ2v) is 8.70. The van der Waals surface area contributed by atoms with Crippen molar-refractivity contribution in [3.63, 3.8) is 0 Å². The van der Waals surface area contributed by atoms with Crippen LogP contribution in [0.25, 0.3) is 0 Å². The molecule has 1 aliphatic rings. The molecule has 0 N–H and O–H groups in total. The van der Waals surface area contributed by atoms with Gasteiger partial charge in [-0.25, -0.2) is 21.6 Å². The summed E-state index contributed by atoms with van der Waals surface area (Å²) in [5, 5.41) is 0. The first kappa shape index (κ1) is 22.1. The number of piperazine rings is 1. The van der Waals surface area contributed by atoms with Gasteiger partial charge in [-0.05, 0) is 48.9 Å². The van der Waals surface area contributed by atoms with Gasteiger partial charge in [0.1, 0.15) is 11.6 Å². The monoisotopic (exact) mass is 442 g/mol. The van der Waals surface area contributed by atoms with Gasteiger partial charge in [0.05, 0.1) is 11.5 Å². The largest absolute Gasteiger partial charge is 0.494 e. The second-order valence-electron chi connectivity index (χ2n) is 6.77. The van der Waals surface area contributed by atoms with Crippen molar-refractivity contribution in [2.75, 3.05) is 32.8 Å². The van der Waals surface area contributed by atoms with Crippen LogP contribution in [0.3, 0.4) is 0 Å². The van der Waals surface area contributed by atoms with Crippen molar-refractivity contribution >= 4 is 15.9 Å². The lowest BCUT2D eigenvalue weighted by atomic mass is 10.2. The van der Waals surface area contributed by atoms with Crippen molar-refractivity contribution in [3.05, 3.63) is 59.9 Å². The predicted molar refractivity (Wildman–Crippen MR) is 103 cm³/mol. The van der Waals surface area contributed by atoms with Gasteiger partial charge in [0.2, 0.25) is 15.9 Å². The maximum absolute atomic E-state index is 13.4. The summed E-state index contributed by atoms with van der Waals surface area (Å²) in [5.74, 6) is -2.31. The molecule has 2 aromatic rings. The van der Waals surface area contributed by atoms with E-state index in [9.17, 15) is 26.4 Å². The van der Waals surface area contributed by atoms with E-state index >= 15 is 0 Å². The van der Waals surface area contributed by atoms with E-state index in [1.54, 1.807) is 4.90 Å². The Kier molecular flexibility index (Phi) is 6.99. The van der Waals surface area contributed by atoms with Crippen LogP contribution >= 0.6 is 0 Å². The molecule has 162 valence electrons. The SMILES string of the molecule is O=C(CCCOc1ccc(F)cc1)N1CCN(S(=O)(=O)c2ccc(F)c(F)c2)CC1. The molecule has 1 heterocycles. The molecule has 0 saturated carbocycles. The van der Waals surface area contributed by atoms with Crippen LogP contribution in [0.1, 0.15) is 12.8 Å². The number of carbonyl (C=O) groups excluding carboxylic acids is 1. The first-order valence-corrected chi connectivity index (χ1v) is 10.8. The third-order valence-corrected chi connectivity index (χ3v) is 6.63. The molecule has 0 atom stereocenters. The summed E-state index contributed by atoms with van der Waals surface area (Å²) in [6.07, 6.45) is 0.695. The first-order chi connectivity index (χ1) is 14.3. The summed E-state index contributed by atoms with van der Waals surface area (Å²) in [7, 11) is -3.96. The van der Waals surface area contributed by atoms with E-state index < -0.39 is 21.7 Å². The predicted octanol–water partition coefficient (Wildman–Crippen LogP) is 2.80. The van der Waals surface area contributed by atoms with Gasteiger partial charge in [0.25, 0.3) is 0 Å². The summed E-state index contributed by atoms with van der Waals surface area (Å²) in [6.45, 7) is 0.848. The number of sulfonamides is 1. The highest BCUT2D eigenvalue weighted by Gasteiger charge is 2.30. The van der Waals surface area contributed by atoms with Crippen molar-refractivity contribution < 1.29 is 31.1 Å². The number of benzene rings is 2. The fourth-order valence-electron chi connectivity index (χ4n) is 3.07. The Morgan fingerprint density at radius 3 is 2.23 bits per heavy atom. The van der Waals surface area contributed by atoms with E-state index in [0.29, 0.717) is 24.8 Å².